The van der Waals surface area contributed by atoms with Gasteiger partial charge in [-0.1, -0.05) is 46.5 Å². The van der Waals surface area contributed by atoms with Crippen molar-refractivity contribution < 1.29 is 9.47 Å². The van der Waals surface area contributed by atoms with Crippen molar-refractivity contribution in [1.29, 1.82) is 0 Å². The molecule has 0 bridgehead atoms. The van der Waals surface area contributed by atoms with E-state index in [4.69, 9.17) is 14.5 Å². The molecule has 1 rings (SSSR count). The molecule has 4 nitrogen and oxygen atoms in total. The second-order valence-corrected chi connectivity index (χ2v) is 14.4. The summed E-state index contributed by atoms with van der Waals surface area (Å²) in [6, 6.07) is 1.61. The molecule has 0 aromatic heterocycles. The van der Waals surface area contributed by atoms with E-state index in [2.05, 4.69) is 51.4 Å². The zero-order valence-corrected chi connectivity index (χ0v) is 17.9. The number of hydrogen-bond donors (Lipinski definition) is 0. The smallest absolute Gasteiger partial charge is 0.110 e. The maximum atomic E-state index is 5.79. The molecule has 140 valence electrons. The van der Waals surface area contributed by atoms with E-state index >= 15 is 0 Å². The summed E-state index contributed by atoms with van der Waals surface area (Å²) < 4.78 is 10.8. The van der Waals surface area contributed by atoms with Gasteiger partial charge in [-0.25, -0.2) is 4.99 Å². The molecule has 0 aromatic carbocycles. The lowest BCUT2D eigenvalue weighted by molar-refractivity contribution is 0.0499. The number of rotatable bonds is 8. The summed E-state index contributed by atoms with van der Waals surface area (Å²) in [5.41, 5.74) is 0.0403. The van der Waals surface area contributed by atoms with Crippen molar-refractivity contribution in [2.75, 3.05) is 33.5 Å². The third-order valence-electron chi connectivity index (χ3n) is 4.09. The van der Waals surface area contributed by atoms with E-state index in [1.165, 1.54) is 24.7 Å². The van der Waals surface area contributed by atoms with Gasteiger partial charge in [-0.05, 0) is 18.9 Å². The van der Waals surface area contributed by atoms with Crippen LogP contribution < -0.4 is 0 Å². The number of allylic oxidation sites excluding steroid dienone is 1. The molecule has 1 aliphatic heterocycles. The highest BCUT2D eigenvalue weighted by Gasteiger charge is 2.33. The van der Waals surface area contributed by atoms with Gasteiger partial charge in [0.25, 0.3) is 0 Å². The highest BCUT2D eigenvalue weighted by atomic mass is 28.3. The van der Waals surface area contributed by atoms with E-state index in [-0.39, 0.29) is 5.41 Å². The molecular weight excluding hydrogens is 316 g/mol. The number of nitrogens with zero attached hydrogens (tertiary/aromatic N) is 2. The molecule has 0 radical (unpaired) electrons. The predicted octanol–water partition coefficient (Wildman–Crippen LogP) is 4.41. The Hall–Kier alpha value is -0.653. The first-order valence-corrected chi connectivity index (χ1v) is 12.9. The van der Waals surface area contributed by atoms with Gasteiger partial charge < -0.3 is 14.4 Å². The minimum absolute atomic E-state index is 0.0403. The minimum atomic E-state index is -1.05. The highest BCUT2D eigenvalue weighted by Crippen LogP contribution is 2.27. The molecule has 0 unspecified atom stereocenters. The molecule has 0 saturated carbocycles. The fourth-order valence-corrected chi connectivity index (χ4v) is 3.69. The van der Waals surface area contributed by atoms with Crippen LogP contribution in [0, 0.1) is 5.41 Å². The van der Waals surface area contributed by atoms with Crippen molar-refractivity contribution in [2.24, 2.45) is 10.4 Å². The maximum absolute atomic E-state index is 5.79. The van der Waals surface area contributed by atoms with Gasteiger partial charge in [-0.15, -0.1) is 0 Å². The zero-order chi connectivity index (χ0) is 18.2. The van der Waals surface area contributed by atoms with Crippen LogP contribution in [0.2, 0.25) is 25.7 Å². The summed E-state index contributed by atoms with van der Waals surface area (Å²) in [4.78, 5) is 7.34. The second kappa shape index (κ2) is 9.73. The lowest BCUT2D eigenvalue weighted by Gasteiger charge is -2.34. The first-order chi connectivity index (χ1) is 11.1. The van der Waals surface area contributed by atoms with Crippen molar-refractivity contribution in [2.45, 2.75) is 65.3 Å². The predicted molar refractivity (Wildman–Crippen MR) is 107 cm³/mol. The Kier molecular flexibility index (Phi) is 8.67. The zero-order valence-electron chi connectivity index (χ0n) is 16.9. The van der Waals surface area contributed by atoms with E-state index in [1.54, 1.807) is 7.11 Å². The first-order valence-electron chi connectivity index (χ1n) is 9.22. The van der Waals surface area contributed by atoms with E-state index in [9.17, 15) is 0 Å². The van der Waals surface area contributed by atoms with Gasteiger partial charge in [-0.2, -0.15) is 0 Å². The topological polar surface area (TPSA) is 34.1 Å². The minimum Gasteiger partial charge on any atom is -0.382 e. The number of methoxy groups -OCH3 is 1. The van der Waals surface area contributed by atoms with Crippen LogP contribution in [-0.4, -0.2) is 58.3 Å². The van der Waals surface area contributed by atoms with Crippen molar-refractivity contribution in [3.05, 3.63) is 12.3 Å². The number of aliphatic imine (C=N–C) groups is 1. The maximum Gasteiger partial charge on any atom is 0.110 e. The Bertz CT molecular complexity index is 422. The largest absolute Gasteiger partial charge is 0.382 e. The lowest BCUT2D eigenvalue weighted by atomic mass is 9.93. The summed E-state index contributed by atoms with van der Waals surface area (Å²) in [5.74, 6) is 1.19. The fraction of sp³-hybridized carbons (Fsp3) is 0.842. The van der Waals surface area contributed by atoms with E-state index in [0.717, 1.165) is 13.2 Å². The number of ether oxygens (including phenoxy) is 2. The van der Waals surface area contributed by atoms with E-state index in [1.807, 2.05) is 6.20 Å². The molecule has 0 spiro atoms. The average molecular weight is 355 g/mol. The van der Waals surface area contributed by atoms with Crippen LogP contribution in [0.15, 0.2) is 17.3 Å². The van der Waals surface area contributed by atoms with E-state index < -0.39 is 8.07 Å². The molecule has 1 aliphatic rings. The van der Waals surface area contributed by atoms with Crippen LogP contribution in [0.1, 0.15) is 33.6 Å². The average Bonchev–Trinajstić information content (AvgIpc) is 2.89. The third kappa shape index (κ3) is 7.95. The molecule has 1 heterocycles. The molecule has 0 aliphatic carbocycles. The monoisotopic (exact) mass is 354 g/mol. The summed E-state index contributed by atoms with van der Waals surface area (Å²) in [7, 11) is 0.664. The summed E-state index contributed by atoms with van der Waals surface area (Å²) in [5, 5.41) is 0. The van der Waals surface area contributed by atoms with Gasteiger partial charge in [0.2, 0.25) is 0 Å². The molecule has 0 N–H and O–H groups in total. The lowest BCUT2D eigenvalue weighted by Crippen LogP contribution is -2.44. The molecule has 1 fully saturated rings. The van der Waals surface area contributed by atoms with Crippen molar-refractivity contribution >= 4 is 13.9 Å². The van der Waals surface area contributed by atoms with E-state index in [0.29, 0.717) is 19.3 Å². The summed E-state index contributed by atoms with van der Waals surface area (Å²) in [6.45, 7) is 17.1. The van der Waals surface area contributed by atoms with Crippen LogP contribution in [-0.2, 0) is 9.47 Å². The molecular formula is C19H38N2O2Si. The molecule has 24 heavy (non-hydrogen) atoms. The molecule has 0 amide bonds. The van der Waals surface area contributed by atoms with Crippen molar-refractivity contribution in [3.8, 4) is 0 Å². The van der Waals surface area contributed by atoms with Crippen LogP contribution in [0.3, 0.4) is 0 Å². The Morgan fingerprint density at radius 3 is 2.54 bits per heavy atom. The van der Waals surface area contributed by atoms with Crippen LogP contribution in [0.4, 0.5) is 0 Å². The first kappa shape index (κ1) is 21.4. The van der Waals surface area contributed by atoms with Gasteiger partial charge in [0, 0.05) is 33.3 Å². The Labute approximate surface area is 150 Å². The standard InChI is InChI=1S/C19H38N2O2Si/c1-19(2,3)18(20-11-9-15-24(5,6)7)21-12-8-10-17(21)16-23-14-13-22-4/h9,11,17H,8,10,12-16H2,1-7H3/b11-9+,20-18?/t17-/m0/s1. The molecule has 0 aromatic rings. The molecule has 5 heteroatoms. The van der Waals surface area contributed by atoms with Gasteiger partial charge in [0.05, 0.1) is 25.9 Å². The van der Waals surface area contributed by atoms with Crippen molar-refractivity contribution in [3.63, 3.8) is 0 Å². The van der Waals surface area contributed by atoms with Crippen LogP contribution in [0.5, 0.6) is 0 Å². The molecule has 1 atom stereocenters. The Morgan fingerprint density at radius 1 is 1.25 bits per heavy atom. The number of hydrogen-bond acceptors (Lipinski definition) is 3. The third-order valence-corrected chi connectivity index (χ3v) is 5.55. The van der Waals surface area contributed by atoms with Gasteiger partial charge in [-0.3, -0.25) is 0 Å². The summed E-state index contributed by atoms with van der Waals surface area (Å²) in [6.07, 6.45) is 6.67. The summed E-state index contributed by atoms with van der Waals surface area (Å²) >= 11 is 0. The Balaban J connectivity index is 2.75. The van der Waals surface area contributed by atoms with Crippen molar-refractivity contribution in [1.82, 2.24) is 4.90 Å². The quantitative estimate of drug-likeness (QED) is 0.280. The van der Waals surface area contributed by atoms with Gasteiger partial charge in [0.1, 0.15) is 5.84 Å². The number of likely N-dealkylation sites (tertiary alicyclic amines) is 1. The molecule has 1 saturated heterocycles. The number of amidine groups is 1. The van der Waals surface area contributed by atoms with Crippen LogP contribution in [0.25, 0.3) is 0 Å². The normalized spacial score (nSPS) is 20.4. The Morgan fingerprint density at radius 2 is 1.96 bits per heavy atom. The fourth-order valence-electron chi connectivity index (χ4n) is 2.88. The van der Waals surface area contributed by atoms with Gasteiger partial charge >= 0.3 is 0 Å². The van der Waals surface area contributed by atoms with Gasteiger partial charge in [0.15, 0.2) is 0 Å². The SMILES string of the molecule is COCCOC[C@@H]1CCCN1C(=N/C=C/C[Si](C)(C)C)C(C)(C)C. The highest BCUT2D eigenvalue weighted by molar-refractivity contribution is 6.76. The second-order valence-electron chi connectivity index (χ2n) is 8.91. The van der Waals surface area contributed by atoms with Crippen LogP contribution >= 0.6 is 0 Å².